The van der Waals surface area contributed by atoms with Crippen molar-refractivity contribution in [2.45, 2.75) is 0 Å². The molecule has 1 aromatic carbocycles. The maximum atomic E-state index is 10.2. The van der Waals surface area contributed by atoms with Crippen molar-refractivity contribution < 1.29 is 4.92 Å². The van der Waals surface area contributed by atoms with Crippen LogP contribution in [0.2, 0.25) is 0 Å². The highest BCUT2D eigenvalue weighted by Gasteiger charge is 2.01. The van der Waals surface area contributed by atoms with Crippen molar-refractivity contribution in [3.05, 3.63) is 39.9 Å². The third kappa shape index (κ3) is 2.06. The van der Waals surface area contributed by atoms with E-state index in [1.165, 1.54) is 18.3 Å². The van der Waals surface area contributed by atoms with Crippen molar-refractivity contribution >= 4 is 24.7 Å². The quantitative estimate of drug-likeness (QED) is 0.328. The van der Waals surface area contributed by atoms with E-state index in [2.05, 4.69) is 17.2 Å². The Labute approximate surface area is 74.6 Å². The predicted molar refractivity (Wildman–Crippen MR) is 49.7 cm³/mol. The summed E-state index contributed by atoms with van der Waals surface area (Å²) in [5, 5.41) is 10.2. The molecule has 0 N–H and O–H groups in total. The smallest absolute Gasteiger partial charge is 0.258 e. The van der Waals surface area contributed by atoms with Gasteiger partial charge < -0.3 is 0 Å². The van der Waals surface area contributed by atoms with E-state index in [0.717, 1.165) is 5.56 Å². The lowest BCUT2D eigenvalue weighted by molar-refractivity contribution is -0.384. The first-order chi connectivity index (χ1) is 5.74. The van der Waals surface area contributed by atoms with Gasteiger partial charge in [-0.2, -0.15) is 0 Å². The molecule has 5 heteroatoms. The van der Waals surface area contributed by atoms with Gasteiger partial charge in [0, 0.05) is 18.3 Å². The fraction of sp³-hybridized carbons (Fsp3) is 0. The predicted octanol–water partition coefficient (Wildman–Crippen LogP) is 1.86. The number of nitro benzene ring substituents is 1. The Hall–Kier alpha value is -1.36. The lowest BCUT2D eigenvalue weighted by Gasteiger charge is -1.91. The molecular formula is C7H6N2O2S. The van der Waals surface area contributed by atoms with E-state index < -0.39 is 4.92 Å². The fourth-order valence-electron chi connectivity index (χ4n) is 0.749. The zero-order valence-electron chi connectivity index (χ0n) is 6.04. The van der Waals surface area contributed by atoms with Gasteiger partial charge in [0.15, 0.2) is 0 Å². The molecule has 0 bridgehead atoms. The van der Waals surface area contributed by atoms with Crippen molar-refractivity contribution in [3.8, 4) is 0 Å². The summed E-state index contributed by atoms with van der Waals surface area (Å²) in [6, 6.07) is 6.06. The largest absolute Gasteiger partial charge is 0.269 e. The second-order valence-corrected chi connectivity index (χ2v) is 2.32. The number of rotatable bonds is 2. The van der Waals surface area contributed by atoms with Crippen LogP contribution >= 0.6 is 12.8 Å². The first-order valence-electron chi connectivity index (χ1n) is 3.16. The molecule has 0 fully saturated rings. The van der Waals surface area contributed by atoms with E-state index in [0.29, 0.717) is 0 Å². The summed E-state index contributed by atoms with van der Waals surface area (Å²) < 4.78 is 3.48. The number of thiol groups is 1. The zero-order valence-corrected chi connectivity index (χ0v) is 6.94. The molecule has 1 aromatic rings. The highest BCUT2D eigenvalue weighted by Crippen LogP contribution is 2.10. The van der Waals surface area contributed by atoms with Crippen molar-refractivity contribution in [1.82, 2.24) is 0 Å². The van der Waals surface area contributed by atoms with E-state index in [4.69, 9.17) is 0 Å². The van der Waals surface area contributed by atoms with Gasteiger partial charge in [-0.3, -0.25) is 10.1 Å². The van der Waals surface area contributed by atoms with Crippen LogP contribution in [0, 0.1) is 10.1 Å². The van der Waals surface area contributed by atoms with Crippen LogP contribution in [0.1, 0.15) is 5.56 Å². The Morgan fingerprint density at radius 2 is 2.00 bits per heavy atom. The van der Waals surface area contributed by atoms with Gasteiger partial charge in [0.2, 0.25) is 0 Å². The first-order valence-corrected chi connectivity index (χ1v) is 3.56. The molecule has 0 aliphatic rings. The average molecular weight is 182 g/mol. The van der Waals surface area contributed by atoms with Crippen LogP contribution in [0.15, 0.2) is 28.7 Å². The normalized spacial score (nSPS) is 10.4. The number of hydrogen-bond donors (Lipinski definition) is 1. The highest BCUT2D eigenvalue weighted by molar-refractivity contribution is 7.78. The molecule has 12 heavy (non-hydrogen) atoms. The number of non-ortho nitro benzene ring substituents is 1. The Morgan fingerprint density at radius 1 is 1.42 bits per heavy atom. The van der Waals surface area contributed by atoms with Crippen LogP contribution in [0.5, 0.6) is 0 Å². The van der Waals surface area contributed by atoms with Crippen LogP contribution in [0.3, 0.4) is 0 Å². The average Bonchev–Trinajstić information content (AvgIpc) is 2.06. The van der Waals surface area contributed by atoms with Crippen molar-refractivity contribution in [3.63, 3.8) is 0 Å². The van der Waals surface area contributed by atoms with Gasteiger partial charge >= 0.3 is 0 Å². The maximum absolute atomic E-state index is 10.2. The highest BCUT2D eigenvalue weighted by atomic mass is 32.1. The number of hydrogen-bond acceptors (Lipinski definition) is 4. The summed E-state index contributed by atoms with van der Waals surface area (Å²) in [4.78, 5) is 9.78. The minimum atomic E-state index is -0.443. The summed E-state index contributed by atoms with van der Waals surface area (Å²) in [5.41, 5.74) is 0.863. The lowest BCUT2D eigenvalue weighted by atomic mass is 10.2. The molecule has 1 rings (SSSR count). The maximum Gasteiger partial charge on any atom is 0.269 e. The SMILES string of the molecule is O=[N+]([O-])c1ccc(C=NS)cc1. The molecule has 0 saturated carbocycles. The van der Waals surface area contributed by atoms with Crippen molar-refractivity contribution in [2.75, 3.05) is 0 Å². The lowest BCUT2D eigenvalue weighted by Crippen LogP contribution is -1.87. The Bertz CT molecular complexity index is 308. The summed E-state index contributed by atoms with van der Waals surface area (Å²) in [6.07, 6.45) is 1.51. The summed E-state index contributed by atoms with van der Waals surface area (Å²) in [6.45, 7) is 0. The molecule has 0 unspecified atom stereocenters. The van der Waals surface area contributed by atoms with Crippen molar-refractivity contribution in [1.29, 1.82) is 0 Å². The molecule has 4 nitrogen and oxygen atoms in total. The molecule has 0 saturated heterocycles. The van der Waals surface area contributed by atoms with Crippen LogP contribution < -0.4 is 0 Å². The summed E-state index contributed by atoms with van der Waals surface area (Å²) in [5.74, 6) is 0. The number of benzene rings is 1. The second kappa shape index (κ2) is 3.87. The fourth-order valence-corrected chi connectivity index (χ4v) is 0.882. The molecule has 62 valence electrons. The molecule has 0 aliphatic heterocycles. The van der Waals surface area contributed by atoms with Gasteiger partial charge in [0.1, 0.15) is 0 Å². The van der Waals surface area contributed by atoms with Gasteiger partial charge in [-0.1, -0.05) is 0 Å². The Kier molecular flexibility index (Phi) is 2.82. The topological polar surface area (TPSA) is 55.5 Å². The minimum Gasteiger partial charge on any atom is -0.258 e. The van der Waals surface area contributed by atoms with E-state index >= 15 is 0 Å². The zero-order chi connectivity index (χ0) is 8.97. The van der Waals surface area contributed by atoms with Gasteiger partial charge in [-0.25, -0.2) is 4.40 Å². The number of nitro groups is 1. The Morgan fingerprint density at radius 3 is 2.42 bits per heavy atom. The van der Waals surface area contributed by atoms with E-state index in [1.54, 1.807) is 12.1 Å². The standard InChI is InChI=1S/C7H6N2O2S/c10-9(11)7-3-1-6(2-4-7)5-8-12/h1-5,12H. The molecule has 0 radical (unpaired) electrons. The third-order valence-electron chi connectivity index (χ3n) is 1.31. The van der Waals surface area contributed by atoms with Crippen molar-refractivity contribution in [2.24, 2.45) is 4.40 Å². The molecular weight excluding hydrogens is 176 g/mol. The molecule has 0 aromatic heterocycles. The van der Waals surface area contributed by atoms with Crippen LogP contribution in [0.25, 0.3) is 0 Å². The van der Waals surface area contributed by atoms with Gasteiger partial charge in [-0.05, 0) is 30.5 Å². The molecule has 0 amide bonds. The van der Waals surface area contributed by atoms with E-state index in [-0.39, 0.29) is 5.69 Å². The van der Waals surface area contributed by atoms with E-state index in [9.17, 15) is 10.1 Å². The molecule has 0 aliphatic carbocycles. The van der Waals surface area contributed by atoms with E-state index in [1.807, 2.05) is 0 Å². The van der Waals surface area contributed by atoms with Crippen LogP contribution in [0.4, 0.5) is 5.69 Å². The van der Waals surface area contributed by atoms with Crippen LogP contribution in [-0.4, -0.2) is 11.1 Å². The third-order valence-corrected chi connectivity index (χ3v) is 1.43. The first kappa shape index (κ1) is 8.73. The monoisotopic (exact) mass is 182 g/mol. The summed E-state index contributed by atoms with van der Waals surface area (Å²) in [7, 11) is 0. The van der Waals surface area contributed by atoms with Crippen LogP contribution in [-0.2, 0) is 0 Å². The van der Waals surface area contributed by atoms with Gasteiger partial charge in [0.25, 0.3) is 5.69 Å². The van der Waals surface area contributed by atoms with Gasteiger partial charge in [0.05, 0.1) is 4.92 Å². The molecule has 0 spiro atoms. The number of nitrogens with zero attached hydrogens (tertiary/aromatic N) is 2. The Balaban J connectivity index is 2.93. The molecule has 0 atom stereocenters. The second-order valence-electron chi connectivity index (χ2n) is 2.09. The molecule has 0 heterocycles. The summed E-state index contributed by atoms with van der Waals surface area (Å²) >= 11 is 3.63. The minimum absolute atomic E-state index is 0.0753. The van der Waals surface area contributed by atoms with Gasteiger partial charge in [-0.15, -0.1) is 0 Å².